The molecular formula is C27H33N5O8. The highest BCUT2D eigenvalue weighted by atomic mass is 16.4. The quantitative estimate of drug-likeness (QED) is 0.135. The largest absolute Gasteiger partial charge is 0.481 e. The number of carboxylic acids is 2. The zero-order valence-electron chi connectivity index (χ0n) is 21.6. The predicted octanol–water partition coefficient (Wildman–Crippen LogP) is -0.922. The molecule has 2 aromatic rings. The Morgan fingerprint density at radius 1 is 0.675 bits per heavy atom. The van der Waals surface area contributed by atoms with E-state index in [2.05, 4.69) is 16.0 Å². The second-order valence-electron chi connectivity index (χ2n) is 9.11. The molecule has 0 aliphatic carbocycles. The van der Waals surface area contributed by atoms with Crippen molar-refractivity contribution in [2.45, 2.75) is 56.3 Å². The molecule has 0 aromatic heterocycles. The van der Waals surface area contributed by atoms with Crippen molar-refractivity contribution in [2.75, 3.05) is 0 Å². The Bertz CT molecular complexity index is 1190. The van der Waals surface area contributed by atoms with E-state index in [0.29, 0.717) is 5.56 Å². The van der Waals surface area contributed by atoms with E-state index in [1.165, 1.54) is 0 Å². The van der Waals surface area contributed by atoms with Crippen molar-refractivity contribution in [3.8, 4) is 0 Å². The third-order valence-corrected chi connectivity index (χ3v) is 5.86. The summed E-state index contributed by atoms with van der Waals surface area (Å²) in [6.45, 7) is 0. The van der Waals surface area contributed by atoms with Crippen LogP contribution in [-0.2, 0) is 41.6 Å². The van der Waals surface area contributed by atoms with Crippen molar-refractivity contribution in [1.29, 1.82) is 0 Å². The van der Waals surface area contributed by atoms with E-state index in [1.54, 1.807) is 54.6 Å². The summed E-state index contributed by atoms with van der Waals surface area (Å²) in [5, 5.41) is 25.3. The Balaban J connectivity index is 2.23. The van der Waals surface area contributed by atoms with Crippen molar-refractivity contribution in [1.82, 2.24) is 16.0 Å². The fourth-order valence-electron chi connectivity index (χ4n) is 3.77. The number of aliphatic carboxylic acids is 2. The number of carboxylic acid groups (broad SMARTS) is 2. The van der Waals surface area contributed by atoms with Crippen LogP contribution < -0.4 is 27.4 Å². The van der Waals surface area contributed by atoms with Gasteiger partial charge >= 0.3 is 11.9 Å². The fourth-order valence-corrected chi connectivity index (χ4v) is 3.77. The molecule has 4 unspecified atom stereocenters. The van der Waals surface area contributed by atoms with Crippen LogP contribution in [0, 0.1) is 0 Å². The van der Waals surface area contributed by atoms with Gasteiger partial charge in [0, 0.05) is 12.8 Å². The Labute approximate surface area is 230 Å². The van der Waals surface area contributed by atoms with Crippen LogP contribution in [-0.4, -0.2) is 69.9 Å². The van der Waals surface area contributed by atoms with Crippen LogP contribution in [0.1, 0.15) is 30.4 Å². The highest BCUT2D eigenvalue weighted by molar-refractivity contribution is 5.95. The van der Waals surface area contributed by atoms with Gasteiger partial charge < -0.3 is 37.6 Å². The number of nitrogens with one attached hydrogen (secondary N) is 3. The molecule has 0 aliphatic heterocycles. The van der Waals surface area contributed by atoms with E-state index >= 15 is 0 Å². The number of carbonyl (C=O) groups excluding carboxylic acids is 4. The first kappa shape index (κ1) is 31.4. The number of primary amides is 1. The van der Waals surface area contributed by atoms with Crippen molar-refractivity contribution in [3.05, 3.63) is 71.8 Å². The van der Waals surface area contributed by atoms with Gasteiger partial charge in [0.15, 0.2) is 0 Å². The maximum absolute atomic E-state index is 13.3. The zero-order valence-corrected chi connectivity index (χ0v) is 21.6. The van der Waals surface area contributed by atoms with Gasteiger partial charge in [0.2, 0.25) is 23.6 Å². The summed E-state index contributed by atoms with van der Waals surface area (Å²) < 4.78 is 0. The highest BCUT2D eigenvalue weighted by Crippen LogP contribution is 2.08. The molecule has 0 radical (unpaired) electrons. The number of hydrogen-bond donors (Lipinski definition) is 7. The first-order valence-electron chi connectivity index (χ1n) is 12.4. The van der Waals surface area contributed by atoms with E-state index in [9.17, 15) is 33.9 Å². The fraction of sp³-hybridized carbons (Fsp3) is 0.333. The lowest BCUT2D eigenvalue weighted by molar-refractivity contribution is -0.147. The number of benzene rings is 2. The monoisotopic (exact) mass is 555 g/mol. The lowest BCUT2D eigenvalue weighted by atomic mass is 10.0. The lowest BCUT2D eigenvalue weighted by Crippen LogP contribution is -2.58. The summed E-state index contributed by atoms with van der Waals surface area (Å²) in [5.41, 5.74) is 12.8. The van der Waals surface area contributed by atoms with Gasteiger partial charge in [-0.05, 0) is 24.0 Å². The van der Waals surface area contributed by atoms with Crippen LogP contribution in [0.15, 0.2) is 60.7 Å². The first-order valence-corrected chi connectivity index (χ1v) is 12.4. The molecule has 13 nitrogen and oxygen atoms in total. The molecule has 0 spiro atoms. The summed E-state index contributed by atoms with van der Waals surface area (Å²) in [6.07, 6.45) is -1.32. The Hall–Kier alpha value is -4.78. The number of amides is 4. The molecule has 0 heterocycles. The summed E-state index contributed by atoms with van der Waals surface area (Å²) in [6, 6.07) is 12.3. The molecule has 9 N–H and O–H groups in total. The second-order valence-corrected chi connectivity index (χ2v) is 9.11. The van der Waals surface area contributed by atoms with E-state index in [1.807, 2.05) is 6.07 Å². The van der Waals surface area contributed by atoms with Crippen LogP contribution in [0.5, 0.6) is 0 Å². The number of carbonyl (C=O) groups is 6. The molecule has 40 heavy (non-hydrogen) atoms. The Morgan fingerprint density at radius 2 is 1.15 bits per heavy atom. The van der Waals surface area contributed by atoms with Crippen LogP contribution in [0.3, 0.4) is 0 Å². The molecule has 2 rings (SSSR count). The van der Waals surface area contributed by atoms with Gasteiger partial charge in [-0.25, -0.2) is 4.79 Å². The van der Waals surface area contributed by atoms with Crippen LogP contribution >= 0.6 is 0 Å². The smallest absolute Gasteiger partial charge is 0.326 e. The average Bonchev–Trinajstić information content (AvgIpc) is 2.90. The Kier molecular flexibility index (Phi) is 12.3. The molecule has 4 atom stereocenters. The molecule has 0 saturated carbocycles. The third kappa shape index (κ3) is 10.9. The molecule has 13 heteroatoms. The minimum Gasteiger partial charge on any atom is -0.481 e. The lowest BCUT2D eigenvalue weighted by Gasteiger charge is -2.25. The third-order valence-electron chi connectivity index (χ3n) is 5.86. The molecule has 4 amide bonds. The van der Waals surface area contributed by atoms with Gasteiger partial charge in [-0.15, -0.1) is 0 Å². The summed E-state index contributed by atoms with van der Waals surface area (Å²) in [7, 11) is 0. The van der Waals surface area contributed by atoms with E-state index in [4.69, 9.17) is 16.6 Å². The molecule has 0 saturated heterocycles. The van der Waals surface area contributed by atoms with Crippen molar-refractivity contribution < 1.29 is 39.0 Å². The van der Waals surface area contributed by atoms with Crippen molar-refractivity contribution in [3.63, 3.8) is 0 Å². The second kappa shape index (κ2) is 15.6. The van der Waals surface area contributed by atoms with E-state index in [-0.39, 0.29) is 25.7 Å². The minimum atomic E-state index is -1.78. The minimum absolute atomic E-state index is 0.0252. The van der Waals surface area contributed by atoms with Crippen molar-refractivity contribution in [2.24, 2.45) is 11.5 Å². The molecule has 0 fully saturated rings. The SMILES string of the molecule is NC(=O)CCC(NC(=O)C(Cc1ccccc1)NC(=O)C(N)Cc1ccccc1)C(=O)NC(CC(=O)O)C(=O)O. The van der Waals surface area contributed by atoms with Crippen LogP contribution in [0.25, 0.3) is 0 Å². The highest BCUT2D eigenvalue weighted by Gasteiger charge is 2.31. The summed E-state index contributed by atoms with van der Waals surface area (Å²) >= 11 is 0. The Morgan fingerprint density at radius 3 is 1.65 bits per heavy atom. The van der Waals surface area contributed by atoms with Gasteiger partial charge in [-0.1, -0.05) is 60.7 Å². The number of nitrogens with two attached hydrogens (primary N) is 2. The maximum atomic E-state index is 13.3. The summed E-state index contributed by atoms with van der Waals surface area (Å²) in [4.78, 5) is 72.9. The molecule has 0 bridgehead atoms. The molecule has 214 valence electrons. The topological polar surface area (TPSA) is 231 Å². The van der Waals surface area contributed by atoms with Gasteiger partial charge in [0.1, 0.15) is 18.1 Å². The normalized spacial score (nSPS) is 13.6. The van der Waals surface area contributed by atoms with Crippen LogP contribution in [0.2, 0.25) is 0 Å². The van der Waals surface area contributed by atoms with E-state index < -0.39 is 66.2 Å². The molecule has 2 aromatic carbocycles. The maximum Gasteiger partial charge on any atom is 0.326 e. The average molecular weight is 556 g/mol. The van der Waals surface area contributed by atoms with Gasteiger partial charge in [0.05, 0.1) is 12.5 Å². The van der Waals surface area contributed by atoms with Gasteiger partial charge in [0.25, 0.3) is 0 Å². The predicted molar refractivity (Wildman–Crippen MR) is 142 cm³/mol. The standard InChI is InChI=1S/C27H33N5O8/c28-18(13-16-7-3-1-4-8-16)24(36)31-20(14-17-9-5-2-6-10-17)26(38)30-19(11-12-22(29)33)25(37)32-21(27(39)40)15-23(34)35/h1-10,18-21H,11-15,28H2,(H2,29,33)(H,30,38)(H,31,36)(H,32,37)(H,34,35)(H,39,40). The first-order chi connectivity index (χ1) is 19.0. The van der Waals surface area contributed by atoms with Crippen molar-refractivity contribution >= 4 is 35.6 Å². The number of hydrogen-bond acceptors (Lipinski definition) is 7. The van der Waals surface area contributed by atoms with Gasteiger partial charge in [-0.3, -0.25) is 24.0 Å². The van der Waals surface area contributed by atoms with E-state index in [0.717, 1.165) is 5.56 Å². The van der Waals surface area contributed by atoms with Crippen LogP contribution in [0.4, 0.5) is 0 Å². The summed E-state index contributed by atoms with van der Waals surface area (Å²) in [5.74, 6) is -6.31. The number of rotatable bonds is 16. The molecule has 0 aliphatic rings. The van der Waals surface area contributed by atoms with Gasteiger partial charge in [-0.2, -0.15) is 0 Å². The molecular weight excluding hydrogens is 522 g/mol. The zero-order chi connectivity index (χ0) is 29.7.